The predicted molar refractivity (Wildman–Crippen MR) is 76.9 cm³/mol. The van der Waals surface area contributed by atoms with Gasteiger partial charge in [0.05, 0.1) is 11.4 Å². The Morgan fingerprint density at radius 3 is 2.79 bits per heavy atom. The van der Waals surface area contributed by atoms with Crippen molar-refractivity contribution in [1.29, 1.82) is 0 Å². The molecule has 0 atom stereocenters. The van der Waals surface area contributed by atoms with Crippen molar-refractivity contribution in [3.63, 3.8) is 0 Å². The second-order valence-corrected chi connectivity index (χ2v) is 5.80. The molecule has 5 nitrogen and oxygen atoms in total. The van der Waals surface area contributed by atoms with Crippen molar-refractivity contribution >= 4 is 33.7 Å². The number of aryl methyl sites for hydroxylation is 2. The van der Waals surface area contributed by atoms with Gasteiger partial charge in [-0.2, -0.15) is 0 Å². The van der Waals surface area contributed by atoms with Crippen LogP contribution >= 0.6 is 27.7 Å². The number of halogens is 1. The Morgan fingerprint density at radius 2 is 2.16 bits per heavy atom. The van der Waals surface area contributed by atoms with Gasteiger partial charge in [0.2, 0.25) is 0 Å². The molecule has 19 heavy (non-hydrogen) atoms. The van der Waals surface area contributed by atoms with Crippen LogP contribution in [0.15, 0.2) is 27.8 Å². The highest BCUT2D eigenvalue weighted by Gasteiger charge is 2.14. The number of aromatic nitrogens is 3. The quantitative estimate of drug-likeness (QED) is 0.866. The predicted octanol–water partition coefficient (Wildman–Crippen LogP) is 2.82. The van der Waals surface area contributed by atoms with Crippen molar-refractivity contribution in [3.05, 3.63) is 34.1 Å². The van der Waals surface area contributed by atoms with Crippen LogP contribution < -0.4 is 0 Å². The Bertz CT molecular complexity index is 627. The molecule has 0 radical (unpaired) electrons. The van der Waals surface area contributed by atoms with E-state index in [9.17, 15) is 4.79 Å². The summed E-state index contributed by atoms with van der Waals surface area (Å²) < 4.78 is 2.77. The Kier molecular flexibility index (Phi) is 4.26. The maximum Gasteiger partial charge on any atom is 0.313 e. The first-order valence-electron chi connectivity index (χ1n) is 5.52. The van der Waals surface area contributed by atoms with Crippen molar-refractivity contribution in [2.24, 2.45) is 0 Å². The van der Waals surface area contributed by atoms with Crippen molar-refractivity contribution in [3.8, 4) is 5.69 Å². The van der Waals surface area contributed by atoms with Crippen LogP contribution in [0.25, 0.3) is 5.69 Å². The molecule has 0 aliphatic heterocycles. The van der Waals surface area contributed by atoms with Crippen LogP contribution in [-0.4, -0.2) is 31.6 Å². The van der Waals surface area contributed by atoms with Gasteiger partial charge < -0.3 is 5.11 Å². The van der Waals surface area contributed by atoms with Gasteiger partial charge in [0, 0.05) is 4.47 Å². The number of hydrogen-bond acceptors (Lipinski definition) is 4. The van der Waals surface area contributed by atoms with Crippen molar-refractivity contribution in [2.45, 2.75) is 19.0 Å². The molecule has 0 spiro atoms. The van der Waals surface area contributed by atoms with Crippen LogP contribution in [0.5, 0.6) is 0 Å². The minimum Gasteiger partial charge on any atom is -0.481 e. The van der Waals surface area contributed by atoms with E-state index >= 15 is 0 Å². The molecule has 1 N–H and O–H groups in total. The first-order valence-corrected chi connectivity index (χ1v) is 7.30. The zero-order chi connectivity index (χ0) is 14.0. The number of aliphatic carboxylic acids is 1. The van der Waals surface area contributed by atoms with Gasteiger partial charge in [0.25, 0.3) is 0 Å². The molecule has 1 aromatic carbocycles. The average Bonchev–Trinajstić information content (AvgIpc) is 2.68. The monoisotopic (exact) mass is 341 g/mol. The largest absolute Gasteiger partial charge is 0.481 e. The summed E-state index contributed by atoms with van der Waals surface area (Å²) in [5, 5.41) is 17.4. The molecule has 0 fully saturated rings. The molecule has 0 saturated heterocycles. The molecule has 0 bridgehead atoms. The molecule has 7 heteroatoms. The summed E-state index contributed by atoms with van der Waals surface area (Å²) in [6.07, 6.45) is 0. The Balaban J connectivity index is 2.43. The van der Waals surface area contributed by atoms with E-state index in [0.29, 0.717) is 5.16 Å². The maximum absolute atomic E-state index is 10.7. The van der Waals surface area contributed by atoms with Gasteiger partial charge in [-0.25, -0.2) is 0 Å². The molecule has 2 rings (SSSR count). The van der Waals surface area contributed by atoms with Crippen LogP contribution in [0, 0.1) is 13.8 Å². The van der Waals surface area contributed by atoms with E-state index in [1.807, 2.05) is 36.6 Å². The fourth-order valence-corrected chi connectivity index (χ4v) is 3.01. The maximum atomic E-state index is 10.7. The smallest absolute Gasteiger partial charge is 0.313 e. The second kappa shape index (κ2) is 5.75. The molecule has 1 heterocycles. The minimum absolute atomic E-state index is 0.0401. The Labute approximate surface area is 123 Å². The molecule has 0 saturated carbocycles. The number of carboxylic acid groups (broad SMARTS) is 1. The van der Waals surface area contributed by atoms with Crippen molar-refractivity contribution in [2.75, 3.05) is 5.75 Å². The molecule has 0 unspecified atom stereocenters. The number of nitrogens with zero attached hydrogens (tertiary/aromatic N) is 3. The van der Waals surface area contributed by atoms with E-state index in [1.165, 1.54) is 0 Å². The summed E-state index contributed by atoms with van der Waals surface area (Å²) in [6, 6.07) is 5.95. The Hall–Kier alpha value is -1.34. The highest BCUT2D eigenvalue weighted by Crippen LogP contribution is 2.27. The summed E-state index contributed by atoms with van der Waals surface area (Å²) in [6.45, 7) is 3.85. The molecule has 0 aliphatic carbocycles. The molecule has 1 aromatic heterocycles. The average molecular weight is 342 g/mol. The van der Waals surface area contributed by atoms with Crippen molar-refractivity contribution in [1.82, 2.24) is 14.8 Å². The van der Waals surface area contributed by atoms with E-state index < -0.39 is 5.97 Å². The zero-order valence-electron chi connectivity index (χ0n) is 10.4. The minimum atomic E-state index is -0.875. The van der Waals surface area contributed by atoms with Crippen LogP contribution in [0.4, 0.5) is 0 Å². The lowest BCUT2D eigenvalue weighted by atomic mass is 10.2. The van der Waals surface area contributed by atoms with Gasteiger partial charge in [-0.05, 0) is 47.5 Å². The summed E-state index contributed by atoms with van der Waals surface area (Å²) in [4.78, 5) is 10.7. The third-order valence-electron chi connectivity index (χ3n) is 2.46. The normalized spacial score (nSPS) is 10.7. The molecular weight excluding hydrogens is 330 g/mol. The Morgan fingerprint density at radius 1 is 1.42 bits per heavy atom. The summed E-state index contributed by atoms with van der Waals surface area (Å²) in [7, 11) is 0. The highest BCUT2D eigenvalue weighted by atomic mass is 79.9. The molecule has 0 aliphatic rings. The topological polar surface area (TPSA) is 68.0 Å². The van der Waals surface area contributed by atoms with Gasteiger partial charge in [0.15, 0.2) is 5.16 Å². The summed E-state index contributed by atoms with van der Waals surface area (Å²) in [5.41, 5.74) is 2.04. The van der Waals surface area contributed by atoms with Crippen LogP contribution in [0.3, 0.4) is 0 Å². The standard InChI is InChI=1S/C12H12BrN3O2S/c1-7-3-4-10(9(13)5-7)16-8(2)14-15-12(16)19-6-11(17)18/h3-5H,6H2,1-2H3,(H,17,18). The van der Waals surface area contributed by atoms with E-state index in [0.717, 1.165) is 33.3 Å². The number of carbonyl (C=O) groups is 1. The van der Waals surface area contributed by atoms with Crippen LogP contribution in [0.2, 0.25) is 0 Å². The zero-order valence-corrected chi connectivity index (χ0v) is 12.8. The van der Waals surface area contributed by atoms with Gasteiger partial charge in [-0.3, -0.25) is 9.36 Å². The van der Waals surface area contributed by atoms with Gasteiger partial charge >= 0.3 is 5.97 Å². The number of benzene rings is 1. The third kappa shape index (κ3) is 3.16. The van der Waals surface area contributed by atoms with E-state index in [4.69, 9.17) is 5.11 Å². The lowest BCUT2D eigenvalue weighted by molar-refractivity contribution is -0.133. The first-order chi connectivity index (χ1) is 8.99. The van der Waals surface area contributed by atoms with Gasteiger partial charge in [-0.15, -0.1) is 10.2 Å². The molecule has 0 amide bonds. The second-order valence-electron chi connectivity index (χ2n) is 4.00. The van der Waals surface area contributed by atoms with Gasteiger partial charge in [-0.1, -0.05) is 17.8 Å². The van der Waals surface area contributed by atoms with Crippen LogP contribution in [-0.2, 0) is 4.79 Å². The SMILES string of the molecule is Cc1ccc(-n2c(C)nnc2SCC(=O)O)c(Br)c1. The fraction of sp³-hybridized carbons (Fsp3) is 0.250. The van der Waals surface area contributed by atoms with Gasteiger partial charge in [0.1, 0.15) is 5.82 Å². The van der Waals surface area contributed by atoms with E-state index in [2.05, 4.69) is 26.1 Å². The summed E-state index contributed by atoms with van der Waals surface area (Å²) >= 11 is 4.67. The number of thioether (sulfide) groups is 1. The van der Waals surface area contributed by atoms with E-state index in [1.54, 1.807) is 0 Å². The highest BCUT2D eigenvalue weighted by molar-refractivity contribution is 9.10. The fourth-order valence-electron chi connectivity index (χ4n) is 1.63. The molecular formula is C12H12BrN3O2S. The van der Waals surface area contributed by atoms with Crippen LogP contribution in [0.1, 0.15) is 11.4 Å². The number of hydrogen-bond donors (Lipinski definition) is 1. The first kappa shape index (κ1) is 14.1. The number of carboxylic acids is 1. The summed E-state index contributed by atoms with van der Waals surface area (Å²) in [5.74, 6) is -0.195. The molecule has 2 aromatic rings. The molecule has 100 valence electrons. The lowest BCUT2D eigenvalue weighted by Crippen LogP contribution is -2.03. The number of rotatable bonds is 4. The lowest BCUT2D eigenvalue weighted by Gasteiger charge is -2.10. The third-order valence-corrected chi connectivity index (χ3v) is 4.01. The van der Waals surface area contributed by atoms with E-state index in [-0.39, 0.29) is 5.75 Å². The van der Waals surface area contributed by atoms with Crippen molar-refractivity contribution < 1.29 is 9.90 Å².